The Labute approximate surface area is 154 Å². The average molecular weight is 358 g/mol. The summed E-state index contributed by atoms with van der Waals surface area (Å²) in [6, 6.07) is 8.00. The number of aromatic nitrogens is 1. The number of nitrogens with zero attached hydrogens (tertiary/aromatic N) is 3. The van der Waals surface area contributed by atoms with Crippen molar-refractivity contribution in [3.8, 4) is 11.5 Å². The Bertz CT molecular complexity index is 756. The normalized spacial score (nSPS) is 14.2. The molecule has 0 atom stereocenters. The largest absolute Gasteiger partial charge is 0.486 e. The number of nitrogens with one attached hydrogen (secondary N) is 1. The van der Waals surface area contributed by atoms with Gasteiger partial charge in [-0.3, -0.25) is 4.99 Å². The molecule has 0 aliphatic carbocycles. The predicted molar refractivity (Wildman–Crippen MR) is 99.8 cm³/mol. The van der Waals surface area contributed by atoms with E-state index in [2.05, 4.69) is 41.4 Å². The average Bonchev–Trinajstić information content (AvgIpc) is 3.14. The Kier molecular flexibility index (Phi) is 5.35. The molecule has 0 fully saturated rings. The van der Waals surface area contributed by atoms with Crippen LogP contribution in [0, 0.1) is 0 Å². The standard InChI is InChI=1S/C19H26N4O3/c1-19(2,14-5-6-16-17(11-14)25-10-9-24-16)13-21-18(20-3)23(4)12-15-7-8-26-22-15/h5-8,11H,9-10,12-13H2,1-4H3,(H,20,21). The molecule has 1 aliphatic heterocycles. The first kappa shape index (κ1) is 18.1. The number of rotatable bonds is 5. The molecule has 0 saturated carbocycles. The van der Waals surface area contributed by atoms with Crippen molar-refractivity contribution >= 4 is 5.96 Å². The van der Waals surface area contributed by atoms with Crippen LogP contribution in [-0.4, -0.2) is 49.9 Å². The van der Waals surface area contributed by atoms with Gasteiger partial charge in [0.1, 0.15) is 25.2 Å². The van der Waals surface area contributed by atoms with Gasteiger partial charge in [0.15, 0.2) is 17.5 Å². The van der Waals surface area contributed by atoms with Crippen molar-refractivity contribution in [2.24, 2.45) is 4.99 Å². The summed E-state index contributed by atoms with van der Waals surface area (Å²) in [5.41, 5.74) is 1.94. The van der Waals surface area contributed by atoms with E-state index in [0.29, 0.717) is 19.8 Å². The number of aliphatic imine (C=N–C) groups is 1. The first-order valence-corrected chi connectivity index (χ1v) is 8.71. The second-order valence-electron chi connectivity index (χ2n) is 6.99. The number of ether oxygens (including phenoxy) is 2. The number of hydrogen-bond donors (Lipinski definition) is 1. The van der Waals surface area contributed by atoms with Crippen molar-refractivity contribution in [3.05, 3.63) is 41.8 Å². The van der Waals surface area contributed by atoms with Crippen molar-refractivity contribution in [2.75, 3.05) is 33.9 Å². The lowest BCUT2D eigenvalue weighted by Gasteiger charge is -2.30. The van der Waals surface area contributed by atoms with Crippen molar-refractivity contribution in [3.63, 3.8) is 0 Å². The molecule has 2 heterocycles. The summed E-state index contributed by atoms with van der Waals surface area (Å²) in [6.07, 6.45) is 1.57. The van der Waals surface area contributed by atoms with E-state index in [4.69, 9.17) is 14.0 Å². The van der Waals surface area contributed by atoms with Crippen LogP contribution < -0.4 is 14.8 Å². The Morgan fingerprint density at radius 1 is 1.23 bits per heavy atom. The minimum absolute atomic E-state index is 0.111. The zero-order valence-electron chi connectivity index (χ0n) is 15.8. The second kappa shape index (κ2) is 7.68. The molecule has 2 aromatic rings. The summed E-state index contributed by atoms with van der Waals surface area (Å²) in [7, 11) is 3.75. The Balaban J connectivity index is 1.64. The quantitative estimate of drug-likeness (QED) is 0.654. The monoisotopic (exact) mass is 358 g/mol. The van der Waals surface area contributed by atoms with Gasteiger partial charge in [0.25, 0.3) is 0 Å². The molecule has 0 radical (unpaired) electrons. The van der Waals surface area contributed by atoms with Gasteiger partial charge in [-0.15, -0.1) is 0 Å². The molecule has 1 aromatic carbocycles. The lowest BCUT2D eigenvalue weighted by Crippen LogP contribution is -2.44. The first-order valence-electron chi connectivity index (χ1n) is 8.71. The van der Waals surface area contributed by atoms with Crippen LogP contribution in [0.1, 0.15) is 25.1 Å². The molecule has 140 valence electrons. The molecule has 1 N–H and O–H groups in total. The van der Waals surface area contributed by atoms with E-state index in [0.717, 1.165) is 29.7 Å². The van der Waals surface area contributed by atoms with Gasteiger partial charge in [0.2, 0.25) is 0 Å². The lowest BCUT2D eigenvalue weighted by molar-refractivity contribution is 0.171. The Hall–Kier alpha value is -2.70. The Morgan fingerprint density at radius 3 is 2.69 bits per heavy atom. The van der Waals surface area contributed by atoms with E-state index in [1.165, 1.54) is 5.56 Å². The van der Waals surface area contributed by atoms with Gasteiger partial charge in [-0.25, -0.2) is 0 Å². The Morgan fingerprint density at radius 2 is 2.00 bits per heavy atom. The van der Waals surface area contributed by atoms with Gasteiger partial charge >= 0.3 is 0 Å². The molecule has 3 rings (SSSR count). The van der Waals surface area contributed by atoms with Crippen LogP contribution in [0.4, 0.5) is 0 Å². The number of benzene rings is 1. The van der Waals surface area contributed by atoms with E-state index in [1.54, 1.807) is 13.3 Å². The van der Waals surface area contributed by atoms with Gasteiger partial charge in [-0.1, -0.05) is 25.1 Å². The van der Waals surface area contributed by atoms with Crippen LogP contribution in [-0.2, 0) is 12.0 Å². The molecular weight excluding hydrogens is 332 g/mol. The summed E-state index contributed by atoms with van der Waals surface area (Å²) >= 11 is 0. The van der Waals surface area contributed by atoms with Crippen LogP contribution in [0.2, 0.25) is 0 Å². The van der Waals surface area contributed by atoms with E-state index in [1.807, 2.05) is 24.1 Å². The maximum Gasteiger partial charge on any atom is 0.193 e. The van der Waals surface area contributed by atoms with Crippen molar-refractivity contribution < 1.29 is 14.0 Å². The zero-order chi connectivity index (χ0) is 18.6. The molecular formula is C19H26N4O3. The predicted octanol–water partition coefficient (Wildman–Crippen LogP) is 2.43. The van der Waals surface area contributed by atoms with Gasteiger partial charge < -0.3 is 24.2 Å². The molecule has 0 amide bonds. The van der Waals surface area contributed by atoms with E-state index in [-0.39, 0.29) is 5.41 Å². The first-order chi connectivity index (χ1) is 12.5. The highest BCUT2D eigenvalue weighted by atomic mass is 16.6. The van der Waals surface area contributed by atoms with Crippen LogP contribution in [0.15, 0.2) is 40.0 Å². The minimum Gasteiger partial charge on any atom is -0.486 e. The molecule has 7 nitrogen and oxygen atoms in total. The maximum atomic E-state index is 5.71. The summed E-state index contributed by atoms with van der Waals surface area (Å²) in [5, 5.41) is 7.39. The zero-order valence-corrected chi connectivity index (χ0v) is 15.8. The molecule has 0 bridgehead atoms. The highest BCUT2D eigenvalue weighted by Gasteiger charge is 2.24. The number of hydrogen-bond acceptors (Lipinski definition) is 5. The third kappa shape index (κ3) is 4.09. The third-order valence-electron chi connectivity index (χ3n) is 4.48. The maximum absolute atomic E-state index is 5.71. The molecule has 0 spiro atoms. The molecule has 1 aliphatic rings. The summed E-state index contributed by atoms with van der Waals surface area (Å²) in [4.78, 5) is 6.38. The van der Waals surface area contributed by atoms with Crippen LogP contribution in [0.5, 0.6) is 11.5 Å². The molecule has 0 unspecified atom stereocenters. The summed E-state index contributed by atoms with van der Waals surface area (Å²) in [6.45, 7) is 6.93. The van der Waals surface area contributed by atoms with E-state index >= 15 is 0 Å². The number of guanidine groups is 1. The van der Waals surface area contributed by atoms with Crippen molar-refractivity contribution in [2.45, 2.75) is 25.8 Å². The van der Waals surface area contributed by atoms with Crippen LogP contribution >= 0.6 is 0 Å². The highest BCUT2D eigenvalue weighted by molar-refractivity contribution is 5.79. The minimum atomic E-state index is -0.111. The van der Waals surface area contributed by atoms with E-state index < -0.39 is 0 Å². The SMILES string of the molecule is CN=C(NCC(C)(C)c1ccc2c(c1)OCCO2)N(C)Cc1ccon1. The summed E-state index contributed by atoms with van der Waals surface area (Å²) < 4.78 is 16.2. The topological polar surface area (TPSA) is 72.1 Å². The molecule has 0 saturated heterocycles. The highest BCUT2D eigenvalue weighted by Crippen LogP contribution is 2.34. The smallest absolute Gasteiger partial charge is 0.193 e. The third-order valence-corrected chi connectivity index (χ3v) is 4.48. The molecule has 7 heteroatoms. The van der Waals surface area contributed by atoms with Crippen LogP contribution in [0.3, 0.4) is 0 Å². The fourth-order valence-corrected chi connectivity index (χ4v) is 2.89. The fraction of sp³-hybridized carbons (Fsp3) is 0.474. The van der Waals surface area contributed by atoms with Gasteiger partial charge in [0, 0.05) is 32.1 Å². The molecule has 1 aromatic heterocycles. The second-order valence-corrected chi connectivity index (χ2v) is 6.99. The summed E-state index contributed by atoms with van der Waals surface area (Å²) in [5.74, 6) is 2.43. The van der Waals surface area contributed by atoms with Gasteiger partial charge in [0.05, 0.1) is 6.54 Å². The fourth-order valence-electron chi connectivity index (χ4n) is 2.89. The lowest BCUT2D eigenvalue weighted by atomic mass is 9.84. The van der Waals surface area contributed by atoms with Crippen molar-refractivity contribution in [1.82, 2.24) is 15.4 Å². The van der Waals surface area contributed by atoms with Crippen molar-refractivity contribution in [1.29, 1.82) is 0 Å². The van der Waals surface area contributed by atoms with Crippen LogP contribution in [0.25, 0.3) is 0 Å². The van der Waals surface area contributed by atoms with E-state index in [9.17, 15) is 0 Å². The molecule has 26 heavy (non-hydrogen) atoms. The van der Waals surface area contributed by atoms with Gasteiger partial charge in [-0.05, 0) is 17.7 Å². The number of fused-ring (bicyclic) bond motifs is 1. The van der Waals surface area contributed by atoms with Gasteiger partial charge in [-0.2, -0.15) is 0 Å².